The predicted octanol–water partition coefficient (Wildman–Crippen LogP) is 3.75. The van der Waals surface area contributed by atoms with Gasteiger partial charge >= 0.3 is 5.51 Å². The van der Waals surface area contributed by atoms with E-state index in [2.05, 4.69) is 5.32 Å². The molecule has 7 heteroatoms. The first-order valence-corrected chi connectivity index (χ1v) is 6.98. The number of thioether (sulfide) groups is 1. The summed E-state index contributed by atoms with van der Waals surface area (Å²) < 4.78 is 37.4. The Bertz CT molecular complexity index is 473. The first-order chi connectivity index (χ1) is 9.22. The Morgan fingerprint density at radius 2 is 1.80 bits per heavy atom. The number of rotatable bonds is 5. The predicted molar refractivity (Wildman–Crippen MR) is 74.5 cm³/mol. The third-order valence-corrected chi connectivity index (χ3v) is 3.88. The second-order valence-electron chi connectivity index (χ2n) is 4.36. The van der Waals surface area contributed by atoms with Crippen LogP contribution in [0.1, 0.15) is 26.7 Å². The summed E-state index contributed by atoms with van der Waals surface area (Å²) in [6, 6.07) is 5.78. The van der Waals surface area contributed by atoms with Gasteiger partial charge in [-0.2, -0.15) is 13.2 Å². The number of hydrogen-bond donors (Lipinski definition) is 2. The maximum absolute atomic E-state index is 12.5. The number of alkyl halides is 3. The number of halogens is 3. The zero-order valence-corrected chi connectivity index (χ0v) is 12.1. The first kappa shape index (κ1) is 16.8. The SMILES string of the molecule is CCC(N)(CC)C(=O)Nc1ccccc1SC(F)(F)F. The number of carbonyl (C=O) groups is 1. The Balaban J connectivity index is 2.96. The molecule has 0 atom stereocenters. The van der Waals surface area contributed by atoms with Crippen LogP contribution >= 0.6 is 11.8 Å². The monoisotopic (exact) mass is 306 g/mol. The van der Waals surface area contributed by atoms with E-state index < -0.39 is 17.0 Å². The molecular formula is C13H17F3N2OS. The van der Waals surface area contributed by atoms with Crippen LogP contribution in [0.5, 0.6) is 0 Å². The zero-order chi connectivity index (χ0) is 15.4. The molecule has 0 bridgehead atoms. The molecule has 0 spiro atoms. The fourth-order valence-corrected chi connectivity index (χ4v) is 2.23. The van der Waals surface area contributed by atoms with Crippen LogP contribution in [0.3, 0.4) is 0 Å². The molecule has 1 amide bonds. The molecule has 0 saturated carbocycles. The standard InChI is InChI=1S/C13H17F3N2OS/c1-3-12(17,4-2)11(19)18-9-7-5-6-8-10(9)20-13(14,15)16/h5-8H,3-4,17H2,1-2H3,(H,18,19). The van der Waals surface area contributed by atoms with Crippen LogP contribution in [0.4, 0.5) is 18.9 Å². The van der Waals surface area contributed by atoms with Crippen molar-refractivity contribution < 1.29 is 18.0 Å². The summed E-state index contributed by atoms with van der Waals surface area (Å²) in [5.41, 5.74) is 0.566. The minimum absolute atomic E-state index is 0.0529. The number of amides is 1. The van der Waals surface area contributed by atoms with Crippen LogP contribution in [0.15, 0.2) is 29.2 Å². The summed E-state index contributed by atoms with van der Waals surface area (Å²) in [6.45, 7) is 3.53. The molecule has 3 N–H and O–H groups in total. The molecule has 0 fully saturated rings. The van der Waals surface area contributed by atoms with Gasteiger partial charge < -0.3 is 11.1 Å². The summed E-state index contributed by atoms with van der Waals surface area (Å²) in [4.78, 5) is 12.0. The summed E-state index contributed by atoms with van der Waals surface area (Å²) in [7, 11) is 0. The maximum atomic E-state index is 12.5. The van der Waals surface area contributed by atoms with Crippen LogP contribution in [-0.4, -0.2) is 17.0 Å². The number of nitrogens with two attached hydrogens (primary N) is 1. The second kappa shape index (κ2) is 6.49. The summed E-state index contributed by atoms with van der Waals surface area (Å²) in [5.74, 6) is -0.474. The van der Waals surface area contributed by atoms with Crippen molar-refractivity contribution in [1.29, 1.82) is 0 Å². The molecule has 1 aromatic carbocycles. The molecule has 3 nitrogen and oxygen atoms in total. The highest BCUT2D eigenvalue weighted by Gasteiger charge is 2.33. The van der Waals surface area contributed by atoms with Crippen molar-refractivity contribution in [2.75, 3.05) is 5.32 Å². The molecule has 112 valence electrons. The van der Waals surface area contributed by atoms with Gasteiger partial charge in [-0.25, -0.2) is 0 Å². The molecule has 0 unspecified atom stereocenters. The summed E-state index contributed by atoms with van der Waals surface area (Å²) in [6.07, 6.45) is 0.813. The van der Waals surface area contributed by atoms with E-state index in [4.69, 9.17) is 5.73 Å². The fraction of sp³-hybridized carbons (Fsp3) is 0.462. The van der Waals surface area contributed by atoms with E-state index in [0.717, 1.165) is 0 Å². The Kier molecular flexibility index (Phi) is 5.47. The van der Waals surface area contributed by atoms with E-state index in [1.54, 1.807) is 19.9 Å². The van der Waals surface area contributed by atoms with Gasteiger partial charge in [0, 0.05) is 4.90 Å². The molecule has 0 saturated heterocycles. The van der Waals surface area contributed by atoms with E-state index in [1.807, 2.05) is 0 Å². The van der Waals surface area contributed by atoms with Crippen LogP contribution in [0.2, 0.25) is 0 Å². The third-order valence-electron chi connectivity index (χ3n) is 3.07. The normalized spacial score (nSPS) is 12.3. The Labute approximate surface area is 120 Å². The fourth-order valence-electron chi connectivity index (χ4n) is 1.60. The highest BCUT2D eigenvalue weighted by molar-refractivity contribution is 8.00. The molecule has 0 aliphatic carbocycles. The Morgan fingerprint density at radius 3 is 2.30 bits per heavy atom. The number of anilines is 1. The Morgan fingerprint density at radius 1 is 1.25 bits per heavy atom. The van der Waals surface area contributed by atoms with Gasteiger partial charge in [0.05, 0.1) is 11.2 Å². The Hall–Kier alpha value is -1.21. The van der Waals surface area contributed by atoms with Gasteiger partial charge in [0.1, 0.15) is 0 Å². The van der Waals surface area contributed by atoms with Crippen LogP contribution in [0.25, 0.3) is 0 Å². The number of para-hydroxylation sites is 1. The molecular weight excluding hydrogens is 289 g/mol. The molecule has 0 aliphatic heterocycles. The van der Waals surface area contributed by atoms with Gasteiger partial charge in [0.15, 0.2) is 0 Å². The number of benzene rings is 1. The zero-order valence-electron chi connectivity index (χ0n) is 11.3. The first-order valence-electron chi connectivity index (χ1n) is 6.17. The summed E-state index contributed by atoms with van der Waals surface area (Å²) >= 11 is -0.260. The molecule has 20 heavy (non-hydrogen) atoms. The van der Waals surface area contributed by atoms with Gasteiger partial charge in [0.2, 0.25) is 5.91 Å². The van der Waals surface area contributed by atoms with E-state index in [1.165, 1.54) is 18.2 Å². The van der Waals surface area contributed by atoms with Crippen molar-refractivity contribution in [3.8, 4) is 0 Å². The second-order valence-corrected chi connectivity index (χ2v) is 5.47. The maximum Gasteiger partial charge on any atom is 0.446 e. The van der Waals surface area contributed by atoms with E-state index in [0.29, 0.717) is 12.8 Å². The van der Waals surface area contributed by atoms with Gasteiger partial charge in [0.25, 0.3) is 0 Å². The van der Waals surface area contributed by atoms with Crippen molar-refractivity contribution >= 4 is 23.4 Å². The average Bonchev–Trinajstić information content (AvgIpc) is 2.38. The lowest BCUT2D eigenvalue weighted by Gasteiger charge is -2.25. The van der Waals surface area contributed by atoms with Gasteiger partial charge in [-0.05, 0) is 36.7 Å². The van der Waals surface area contributed by atoms with Gasteiger partial charge in [-0.3, -0.25) is 4.79 Å². The minimum atomic E-state index is -4.41. The highest BCUT2D eigenvalue weighted by Crippen LogP contribution is 2.40. The topological polar surface area (TPSA) is 55.1 Å². The molecule has 1 aromatic rings. The lowest BCUT2D eigenvalue weighted by Crippen LogP contribution is -2.50. The lowest BCUT2D eigenvalue weighted by molar-refractivity contribution is -0.121. The van der Waals surface area contributed by atoms with E-state index >= 15 is 0 Å². The minimum Gasteiger partial charge on any atom is -0.323 e. The van der Waals surface area contributed by atoms with Crippen molar-refractivity contribution in [3.63, 3.8) is 0 Å². The molecule has 0 aliphatic rings. The molecule has 0 heterocycles. The van der Waals surface area contributed by atoms with E-state index in [9.17, 15) is 18.0 Å². The largest absolute Gasteiger partial charge is 0.446 e. The van der Waals surface area contributed by atoms with Crippen molar-refractivity contribution in [1.82, 2.24) is 0 Å². The third kappa shape index (κ3) is 4.42. The molecule has 1 rings (SSSR count). The lowest BCUT2D eigenvalue weighted by atomic mass is 9.93. The summed E-state index contributed by atoms with van der Waals surface area (Å²) in [5, 5.41) is 2.49. The van der Waals surface area contributed by atoms with Crippen molar-refractivity contribution in [2.24, 2.45) is 5.73 Å². The van der Waals surface area contributed by atoms with E-state index in [-0.39, 0.29) is 22.3 Å². The molecule has 0 aromatic heterocycles. The highest BCUT2D eigenvalue weighted by atomic mass is 32.2. The van der Waals surface area contributed by atoms with Gasteiger partial charge in [-0.1, -0.05) is 26.0 Å². The quantitative estimate of drug-likeness (QED) is 0.815. The van der Waals surface area contributed by atoms with Crippen LogP contribution < -0.4 is 11.1 Å². The van der Waals surface area contributed by atoms with Crippen molar-refractivity contribution in [2.45, 2.75) is 42.6 Å². The number of carbonyl (C=O) groups excluding carboxylic acids is 1. The number of nitrogens with one attached hydrogen (secondary N) is 1. The van der Waals surface area contributed by atoms with Crippen LogP contribution in [-0.2, 0) is 4.79 Å². The smallest absolute Gasteiger partial charge is 0.323 e. The average molecular weight is 306 g/mol. The number of hydrogen-bond acceptors (Lipinski definition) is 3. The van der Waals surface area contributed by atoms with Crippen molar-refractivity contribution in [3.05, 3.63) is 24.3 Å². The van der Waals surface area contributed by atoms with Crippen LogP contribution in [0, 0.1) is 0 Å². The van der Waals surface area contributed by atoms with Gasteiger partial charge in [-0.15, -0.1) is 0 Å². The molecule has 0 radical (unpaired) electrons.